The van der Waals surface area contributed by atoms with E-state index in [1.165, 1.54) is 12.3 Å². The summed E-state index contributed by atoms with van der Waals surface area (Å²) in [5.41, 5.74) is 7.16. The minimum atomic E-state index is -5.08. The average Bonchev–Trinajstić information content (AvgIpc) is 3.08. The lowest BCUT2D eigenvalue weighted by Gasteiger charge is -2.37. The van der Waals surface area contributed by atoms with Crippen molar-refractivity contribution in [3.05, 3.63) is 69.0 Å². The Balaban J connectivity index is 0.000000559. The Morgan fingerprint density at radius 2 is 1.73 bits per heavy atom. The largest absolute Gasteiger partial charge is 0.490 e. The molecule has 40 heavy (non-hydrogen) atoms. The zero-order valence-corrected chi connectivity index (χ0v) is 22.5. The van der Waals surface area contributed by atoms with Crippen molar-refractivity contribution in [2.45, 2.75) is 30.9 Å². The highest BCUT2D eigenvalue weighted by Gasteiger charge is 2.41. The highest BCUT2D eigenvalue weighted by Crippen LogP contribution is 2.41. The first-order valence-corrected chi connectivity index (χ1v) is 12.3. The van der Waals surface area contributed by atoms with E-state index in [0.29, 0.717) is 47.5 Å². The van der Waals surface area contributed by atoms with Gasteiger partial charge in [-0.05, 0) is 41.8 Å². The summed E-state index contributed by atoms with van der Waals surface area (Å²) in [6.07, 6.45) is -7.38. The molecule has 8 nitrogen and oxygen atoms in total. The van der Waals surface area contributed by atoms with Crippen molar-refractivity contribution in [2.24, 2.45) is 10.7 Å². The molecule has 0 saturated heterocycles. The second-order valence-electron chi connectivity index (χ2n) is 8.97. The van der Waals surface area contributed by atoms with Crippen LogP contribution in [0.1, 0.15) is 24.0 Å². The summed E-state index contributed by atoms with van der Waals surface area (Å²) in [6.45, 7) is 0.637. The van der Waals surface area contributed by atoms with Crippen molar-refractivity contribution >= 4 is 40.9 Å². The van der Waals surface area contributed by atoms with Crippen molar-refractivity contribution in [1.29, 1.82) is 0 Å². The maximum absolute atomic E-state index is 13.6. The van der Waals surface area contributed by atoms with Crippen LogP contribution in [0.5, 0.6) is 0 Å². The molecule has 0 bridgehead atoms. The van der Waals surface area contributed by atoms with E-state index in [2.05, 4.69) is 10.3 Å². The summed E-state index contributed by atoms with van der Waals surface area (Å²) in [4.78, 5) is 21.2. The molecule has 0 spiro atoms. The molecule has 1 atom stereocenters. The molecule has 0 radical (unpaired) electrons. The fourth-order valence-corrected chi connectivity index (χ4v) is 4.43. The number of nitrogens with one attached hydrogen (secondary N) is 1. The van der Waals surface area contributed by atoms with Crippen LogP contribution in [0.3, 0.4) is 0 Å². The molecule has 1 aromatic carbocycles. The minimum Gasteiger partial charge on any atom is -0.475 e. The van der Waals surface area contributed by atoms with Gasteiger partial charge in [-0.15, -0.1) is 0 Å². The monoisotopic (exact) mass is 612 g/mol. The maximum Gasteiger partial charge on any atom is 0.490 e. The normalized spacial score (nSPS) is 19.5. The molecule has 1 aromatic heterocycles. The van der Waals surface area contributed by atoms with Crippen LogP contribution in [0.2, 0.25) is 10.0 Å². The number of nitrogens with two attached hydrogens (primary N) is 1. The molecule has 16 heteroatoms. The predicted molar refractivity (Wildman–Crippen MR) is 138 cm³/mol. The second kappa shape index (κ2) is 11.7. The Kier molecular flexibility index (Phi) is 9.16. The Hall–Kier alpha value is -3.23. The number of aliphatic imine (C=N–C) groups is 1. The van der Waals surface area contributed by atoms with Gasteiger partial charge < -0.3 is 20.2 Å². The number of benzene rings is 1. The van der Waals surface area contributed by atoms with Crippen LogP contribution in [0.4, 0.5) is 32.2 Å². The van der Waals surface area contributed by atoms with E-state index < -0.39 is 29.5 Å². The highest BCUT2D eigenvalue weighted by atomic mass is 35.5. The number of alkyl halides is 6. The van der Waals surface area contributed by atoms with E-state index in [0.717, 1.165) is 17.3 Å². The van der Waals surface area contributed by atoms with Gasteiger partial charge in [0.1, 0.15) is 5.82 Å². The molecule has 4 rings (SSSR count). The van der Waals surface area contributed by atoms with Gasteiger partial charge in [0.05, 0.1) is 15.6 Å². The van der Waals surface area contributed by atoms with Gasteiger partial charge in [-0.2, -0.15) is 26.3 Å². The summed E-state index contributed by atoms with van der Waals surface area (Å²) in [6, 6.07) is 7.45. The number of anilines is 1. The van der Waals surface area contributed by atoms with E-state index >= 15 is 0 Å². The van der Waals surface area contributed by atoms with E-state index in [-0.39, 0.29) is 5.82 Å². The number of hydrogen-bond acceptors (Lipinski definition) is 7. The SMILES string of the molecule is CN(C)C1=NC(N)(c2ccc(Cl)c(Cl)c2)C2=C(CCN(c3ncccc3C(F)(F)F)CC2)N1.O=C(O)C(F)(F)F. The molecule has 3 heterocycles. The van der Waals surface area contributed by atoms with E-state index in [9.17, 15) is 26.3 Å². The van der Waals surface area contributed by atoms with Gasteiger partial charge in [-0.3, -0.25) is 5.73 Å². The fourth-order valence-electron chi connectivity index (χ4n) is 4.13. The average molecular weight is 613 g/mol. The minimum absolute atomic E-state index is 0.0873. The van der Waals surface area contributed by atoms with Crippen LogP contribution < -0.4 is 16.0 Å². The standard InChI is InChI=1S/C22H23Cl2F3N6.C2HF3O2/c1-32(2)20-30-18-8-11-33(19-15(22(25,26)27)4-3-9-29-19)10-7-14(18)21(28,31-20)13-5-6-16(23)17(24)12-13;3-2(4,5)1(6)7/h3-6,9,12H,7-8,10-11,28H2,1-2H3,(H,30,31);(H,6,7). The van der Waals surface area contributed by atoms with Gasteiger partial charge >= 0.3 is 18.3 Å². The number of hydrogen-bond donors (Lipinski definition) is 3. The van der Waals surface area contributed by atoms with E-state index in [4.69, 9.17) is 43.8 Å². The fraction of sp³-hybridized carbons (Fsp3) is 0.375. The summed E-state index contributed by atoms with van der Waals surface area (Å²) in [5, 5.41) is 11.2. The molecule has 4 N–H and O–H groups in total. The number of carboxylic acids is 1. The number of nitrogens with zero attached hydrogens (tertiary/aromatic N) is 4. The number of carbonyl (C=O) groups is 1. The summed E-state index contributed by atoms with van der Waals surface area (Å²) >= 11 is 12.4. The third-order valence-corrected chi connectivity index (χ3v) is 6.79. The van der Waals surface area contributed by atoms with E-state index in [1.54, 1.807) is 28.0 Å². The lowest BCUT2D eigenvalue weighted by molar-refractivity contribution is -0.192. The van der Waals surface area contributed by atoms with Crippen LogP contribution in [0, 0.1) is 0 Å². The van der Waals surface area contributed by atoms with Crippen LogP contribution in [0.15, 0.2) is 52.8 Å². The third-order valence-electron chi connectivity index (χ3n) is 6.05. The maximum atomic E-state index is 13.6. The highest BCUT2D eigenvalue weighted by molar-refractivity contribution is 6.42. The molecule has 2 aliphatic heterocycles. The molecule has 0 fully saturated rings. The first kappa shape index (κ1) is 31.3. The molecule has 0 aliphatic carbocycles. The third kappa shape index (κ3) is 6.91. The van der Waals surface area contributed by atoms with Gasteiger partial charge in [0.2, 0.25) is 0 Å². The topological polar surface area (TPSA) is 107 Å². The number of aromatic nitrogens is 1. The molecule has 0 amide bonds. The number of guanidine groups is 1. The zero-order chi connectivity index (χ0) is 30.0. The van der Waals surface area contributed by atoms with Crippen LogP contribution >= 0.6 is 23.2 Å². The first-order chi connectivity index (χ1) is 18.4. The van der Waals surface area contributed by atoms with Gasteiger partial charge in [0.15, 0.2) is 11.6 Å². The van der Waals surface area contributed by atoms with Crippen LogP contribution in [-0.4, -0.2) is 60.3 Å². The second-order valence-corrected chi connectivity index (χ2v) is 9.78. The lowest BCUT2D eigenvalue weighted by atomic mass is 9.87. The summed E-state index contributed by atoms with van der Waals surface area (Å²) in [5.74, 6) is -2.30. The van der Waals surface area contributed by atoms with E-state index in [1.807, 2.05) is 14.1 Å². The number of pyridine rings is 1. The van der Waals surface area contributed by atoms with Gasteiger partial charge in [0, 0.05) is 45.5 Å². The predicted octanol–water partition coefficient (Wildman–Crippen LogP) is 5.23. The van der Waals surface area contributed by atoms with Gasteiger partial charge in [-0.1, -0.05) is 29.3 Å². The Labute approximate surface area is 235 Å². The molecule has 2 aliphatic rings. The van der Waals surface area contributed by atoms with Crippen LogP contribution in [0.25, 0.3) is 0 Å². The summed E-state index contributed by atoms with van der Waals surface area (Å²) < 4.78 is 72.5. The Morgan fingerprint density at radius 1 is 1.10 bits per heavy atom. The molecule has 0 saturated carbocycles. The van der Waals surface area contributed by atoms with Crippen LogP contribution in [-0.2, 0) is 16.6 Å². The lowest BCUT2D eigenvalue weighted by Crippen LogP contribution is -2.49. The number of carboxylic acid groups (broad SMARTS) is 1. The number of rotatable bonds is 2. The zero-order valence-electron chi connectivity index (χ0n) is 21.0. The number of aliphatic carboxylic acids is 1. The summed E-state index contributed by atoms with van der Waals surface area (Å²) in [7, 11) is 3.66. The Bertz CT molecular complexity index is 1330. The first-order valence-electron chi connectivity index (χ1n) is 11.5. The molecule has 2 aromatic rings. The molecule has 1 unspecified atom stereocenters. The quantitative estimate of drug-likeness (QED) is 0.399. The van der Waals surface area contributed by atoms with Gasteiger partial charge in [-0.25, -0.2) is 14.8 Å². The van der Waals surface area contributed by atoms with Crippen molar-refractivity contribution in [1.82, 2.24) is 15.2 Å². The van der Waals surface area contributed by atoms with Crippen molar-refractivity contribution in [3.8, 4) is 0 Å². The van der Waals surface area contributed by atoms with Crippen molar-refractivity contribution in [3.63, 3.8) is 0 Å². The molecule has 218 valence electrons. The number of halogens is 8. The van der Waals surface area contributed by atoms with Crippen molar-refractivity contribution < 1.29 is 36.2 Å². The van der Waals surface area contributed by atoms with Gasteiger partial charge in [0.25, 0.3) is 0 Å². The smallest absolute Gasteiger partial charge is 0.475 e. The van der Waals surface area contributed by atoms with Crippen molar-refractivity contribution in [2.75, 3.05) is 32.1 Å². The Morgan fingerprint density at radius 3 is 2.27 bits per heavy atom. The molecular formula is C24H24Cl2F6N6O2. The molecular weight excluding hydrogens is 589 g/mol.